The molecule has 0 bridgehead atoms. The second kappa shape index (κ2) is 8.37. The van der Waals surface area contributed by atoms with Gasteiger partial charge >= 0.3 is 0 Å². The average Bonchev–Trinajstić information content (AvgIpc) is 2.66. The Labute approximate surface area is 159 Å². The summed E-state index contributed by atoms with van der Waals surface area (Å²) in [4.78, 5) is 27.1. The Morgan fingerprint density at radius 3 is 2.77 bits per heavy atom. The van der Waals surface area contributed by atoms with Gasteiger partial charge in [0.2, 0.25) is 5.91 Å². The number of piperidine rings is 1. The van der Waals surface area contributed by atoms with Gasteiger partial charge in [0, 0.05) is 30.2 Å². The van der Waals surface area contributed by atoms with E-state index in [4.69, 9.17) is 11.6 Å². The smallest absolute Gasteiger partial charge is 0.253 e. The van der Waals surface area contributed by atoms with Gasteiger partial charge in [-0.15, -0.1) is 0 Å². The molecule has 1 N–H and O–H groups in total. The van der Waals surface area contributed by atoms with Crippen LogP contribution in [0, 0.1) is 12.8 Å². The summed E-state index contributed by atoms with van der Waals surface area (Å²) in [6.45, 7) is 3.53. The van der Waals surface area contributed by atoms with Crippen molar-refractivity contribution in [2.75, 3.05) is 13.1 Å². The summed E-state index contributed by atoms with van der Waals surface area (Å²) in [5, 5.41) is 3.60. The van der Waals surface area contributed by atoms with E-state index in [0.29, 0.717) is 30.2 Å². The van der Waals surface area contributed by atoms with E-state index in [0.717, 1.165) is 24.0 Å². The number of halogens is 1. The van der Waals surface area contributed by atoms with Crippen LogP contribution >= 0.6 is 11.6 Å². The van der Waals surface area contributed by atoms with Crippen molar-refractivity contribution in [3.63, 3.8) is 0 Å². The Bertz CT molecular complexity index is 806. The number of likely N-dealkylation sites (tertiary alicyclic amines) is 1. The number of aryl methyl sites for hydroxylation is 1. The third-order valence-corrected chi connectivity index (χ3v) is 5.12. The van der Waals surface area contributed by atoms with Gasteiger partial charge in [-0.2, -0.15) is 0 Å². The molecular weight excluding hydrogens is 348 g/mol. The number of benzene rings is 2. The lowest BCUT2D eigenvalue weighted by atomic mass is 9.96. The summed E-state index contributed by atoms with van der Waals surface area (Å²) in [6.07, 6.45) is 1.63. The number of nitrogens with one attached hydrogen (secondary N) is 1. The number of hydrogen-bond donors (Lipinski definition) is 1. The summed E-state index contributed by atoms with van der Waals surface area (Å²) in [6, 6.07) is 15.1. The van der Waals surface area contributed by atoms with Crippen LogP contribution in [0.15, 0.2) is 48.5 Å². The molecule has 0 aliphatic carbocycles. The first-order valence-electron chi connectivity index (χ1n) is 8.91. The lowest BCUT2D eigenvalue weighted by molar-refractivity contribution is -0.126. The molecule has 0 spiro atoms. The molecule has 1 aliphatic heterocycles. The highest BCUT2D eigenvalue weighted by Crippen LogP contribution is 2.20. The van der Waals surface area contributed by atoms with E-state index in [1.54, 1.807) is 4.90 Å². The predicted octanol–water partition coefficient (Wildman–Crippen LogP) is 3.82. The maximum atomic E-state index is 12.7. The first kappa shape index (κ1) is 18.5. The number of hydrogen-bond acceptors (Lipinski definition) is 2. The van der Waals surface area contributed by atoms with Crippen LogP contribution in [0.3, 0.4) is 0 Å². The van der Waals surface area contributed by atoms with E-state index in [1.807, 2.05) is 55.5 Å². The standard InChI is InChI=1S/C21H23ClN2O2/c1-15-6-4-8-16(12-15)21(26)24-11-5-9-18(14-24)20(25)23-13-17-7-2-3-10-19(17)22/h2-4,6-8,10,12,18H,5,9,11,13-14H2,1H3,(H,23,25)/t18-/m1/s1. The van der Waals surface area contributed by atoms with Crippen molar-refractivity contribution in [3.8, 4) is 0 Å². The Morgan fingerprint density at radius 2 is 2.00 bits per heavy atom. The molecule has 4 nitrogen and oxygen atoms in total. The molecule has 2 aromatic rings. The van der Waals surface area contributed by atoms with E-state index in [9.17, 15) is 9.59 Å². The van der Waals surface area contributed by atoms with Crippen LogP contribution in [0.1, 0.15) is 34.3 Å². The zero-order valence-electron chi connectivity index (χ0n) is 14.9. The van der Waals surface area contributed by atoms with E-state index in [1.165, 1.54) is 0 Å². The molecule has 0 radical (unpaired) electrons. The predicted molar refractivity (Wildman–Crippen MR) is 103 cm³/mol. The molecule has 3 rings (SSSR count). The van der Waals surface area contributed by atoms with Crippen molar-refractivity contribution in [1.29, 1.82) is 0 Å². The fraction of sp³-hybridized carbons (Fsp3) is 0.333. The molecule has 0 saturated carbocycles. The molecule has 1 fully saturated rings. The maximum Gasteiger partial charge on any atom is 0.253 e. The van der Waals surface area contributed by atoms with E-state index in [2.05, 4.69) is 5.32 Å². The Balaban J connectivity index is 1.60. The van der Waals surface area contributed by atoms with E-state index < -0.39 is 0 Å². The Morgan fingerprint density at radius 1 is 1.19 bits per heavy atom. The second-order valence-electron chi connectivity index (χ2n) is 6.77. The lowest BCUT2D eigenvalue weighted by Gasteiger charge is -2.32. The molecule has 26 heavy (non-hydrogen) atoms. The summed E-state index contributed by atoms with van der Waals surface area (Å²) < 4.78 is 0. The topological polar surface area (TPSA) is 49.4 Å². The van der Waals surface area contributed by atoms with Crippen LogP contribution in [-0.2, 0) is 11.3 Å². The van der Waals surface area contributed by atoms with Crippen molar-refractivity contribution in [2.45, 2.75) is 26.3 Å². The molecule has 1 aliphatic rings. The van der Waals surface area contributed by atoms with Gasteiger partial charge in [-0.25, -0.2) is 0 Å². The van der Waals surface area contributed by atoms with Crippen molar-refractivity contribution in [1.82, 2.24) is 10.2 Å². The lowest BCUT2D eigenvalue weighted by Crippen LogP contribution is -2.45. The van der Waals surface area contributed by atoms with E-state index in [-0.39, 0.29) is 17.7 Å². The molecule has 0 aromatic heterocycles. The summed E-state index contributed by atoms with van der Waals surface area (Å²) in [5.74, 6) is -0.205. The van der Waals surface area contributed by atoms with Crippen LogP contribution < -0.4 is 5.32 Å². The highest BCUT2D eigenvalue weighted by atomic mass is 35.5. The minimum absolute atomic E-state index is 0.00250. The average molecular weight is 371 g/mol. The first-order valence-corrected chi connectivity index (χ1v) is 9.29. The van der Waals surface area contributed by atoms with Gasteiger partial charge in [0.05, 0.1) is 5.92 Å². The Kier molecular flexibility index (Phi) is 5.94. The molecule has 2 aromatic carbocycles. The summed E-state index contributed by atoms with van der Waals surface area (Å²) >= 11 is 6.13. The number of amides is 2. The third-order valence-electron chi connectivity index (χ3n) is 4.76. The van der Waals surface area contributed by atoms with Gasteiger partial charge < -0.3 is 10.2 Å². The maximum absolute atomic E-state index is 12.7. The van der Waals surface area contributed by atoms with Crippen LogP contribution in [0.2, 0.25) is 5.02 Å². The third kappa shape index (κ3) is 4.44. The largest absolute Gasteiger partial charge is 0.352 e. The molecule has 1 saturated heterocycles. The Hall–Kier alpha value is -2.33. The van der Waals surface area contributed by atoms with Gasteiger partial charge in [0.15, 0.2) is 0 Å². The van der Waals surface area contributed by atoms with E-state index >= 15 is 0 Å². The highest BCUT2D eigenvalue weighted by Gasteiger charge is 2.28. The van der Waals surface area contributed by atoms with Gasteiger partial charge in [-0.1, -0.05) is 47.5 Å². The van der Waals surface area contributed by atoms with Gasteiger partial charge in [-0.3, -0.25) is 9.59 Å². The van der Waals surface area contributed by atoms with Crippen LogP contribution in [-0.4, -0.2) is 29.8 Å². The van der Waals surface area contributed by atoms with Crippen LogP contribution in [0.4, 0.5) is 0 Å². The normalized spacial score (nSPS) is 17.0. The fourth-order valence-electron chi connectivity index (χ4n) is 3.30. The van der Waals surface area contributed by atoms with Crippen molar-refractivity contribution >= 4 is 23.4 Å². The fourth-order valence-corrected chi connectivity index (χ4v) is 3.51. The minimum Gasteiger partial charge on any atom is -0.352 e. The quantitative estimate of drug-likeness (QED) is 0.889. The van der Waals surface area contributed by atoms with Gasteiger partial charge in [-0.05, 0) is 43.5 Å². The summed E-state index contributed by atoms with van der Waals surface area (Å²) in [5.41, 5.74) is 2.63. The van der Waals surface area contributed by atoms with Crippen LogP contribution in [0.5, 0.6) is 0 Å². The molecular formula is C21H23ClN2O2. The zero-order chi connectivity index (χ0) is 18.5. The summed E-state index contributed by atoms with van der Waals surface area (Å²) in [7, 11) is 0. The second-order valence-corrected chi connectivity index (χ2v) is 7.18. The number of nitrogens with zero attached hydrogens (tertiary/aromatic N) is 1. The molecule has 1 atom stereocenters. The molecule has 0 unspecified atom stereocenters. The number of rotatable bonds is 4. The SMILES string of the molecule is Cc1cccc(C(=O)N2CCC[C@@H](C(=O)NCc3ccccc3Cl)C2)c1. The van der Waals surface area contributed by atoms with Gasteiger partial charge in [0.1, 0.15) is 0 Å². The number of carbonyl (C=O) groups is 2. The highest BCUT2D eigenvalue weighted by molar-refractivity contribution is 6.31. The zero-order valence-corrected chi connectivity index (χ0v) is 15.6. The number of carbonyl (C=O) groups excluding carboxylic acids is 2. The molecule has 2 amide bonds. The first-order chi connectivity index (χ1) is 12.5. The molecule has 1 heterocycles. The van der Waals surface area contributed by atoms with Gasteiger partial charge in [0.25, 0.3) is 5.91 Å². The van der Waals surface area contributed by atoms with Crippen molar-refractivity contribution in [3.05, 3.63) is 70.2 Å². The minimum atomic E-state index is -0.181. The van der Waals surface area contributed by atoms with Crippen LogP contribution in [0.25, 0.3) is 0 Å². The monoisotopic (exact) mass is 370 g/mol. The van der Waals surface area contributed by atoms with Crippen molar-refractivity contribution in [2.24, 2.45) is 5.92 Å². The van der Waals surface area contributed by atoms with Crippen molar-refractivity contribution < 1.29 is 9.59 Å². The molecule has 5 heteroatoms. The molecule has 136 valence electrons.